The number of nitrogens with one attached hydrogen (secondary N) is 1. The van der Waals surface area contributed by atoms with E-state index in [0.717, 1.165) is 5.92 Å². The molecule has 0 aliphatic heterocycles. The van der Waals surface area contributed by atoms with Crippen LogP contribution in [-0.2, 0) is 4.79 Å². The lowest BCUT2D eigenvalue weighted by atomic mass is 9.87. The Morgan fingerprint density at radius 1 is 1.43 bits per heavy atom. The number of carbonyl (C=O) groups excluding carboxylic acids is 1. The molecule has 1 amide bonds. The van der Waals surface area contributed by atoms with Crippen molar-refractivity contribution in [3.8, 4) is 0 Å². The molecule has 14 heavy (non-hydrogen) atoms. The molecular formula is C10H21N3O. The van der Waals surface area contributed by atoms with Gasteiger partial charge in [-0.1, -0.05) is 6.92 Å². The molecule has 0 bridgehead atoms. The first-order valence-corrected chi connectivity index (χ1v) is 5.38. The SMILES string of the molecule is CC1CCC(NCC(N)C(N)=O)CC1. The lowest BCUT2D eigenvalue weighted by molar-refractivity contribution is -0.119. The number of hydrogen-bond donors (Lipinski definition) is 3. The van der Waals surface area contributed by atoms with E-state index in [1.165, 1.54) is 25.7 Å². The molecule has 1 unspecified atom stereocenters. The van der Waals surface area contributed by atoms with Gasteiger partial charge in [-0.3, -0.25) is 4.79 Å². The highest BCUT2D eigenvalue weighted by molar-refractivity contribution is 5.79. The Hall–Kier alpha value is -0.610. The summed E-state index contributed by atoms with van der Waals surface area (Å²) in [5.41, 5.74) is 10.6. The van der Waals surface area contributed by atoms with Gasteiger partial charge in [-0.05, 0) is 31.6 Å². The third-order valence-electron chi connectivity index (χ3n) is 3.01. The van der Waals surface area contributed by atoms with Crippen molar-refractivity contribution in [3.63, 3.8) is 0 Å². The molecule has 4 nitrogen and oxygen atoms in total. The Balaban J connectivity index is 2.16. The van der Waals surface area contributed by atoms with Crippen molar-refractivity contribution in [1.29, 1.82) is 0 Å². The molecule has 1 aliphatic carbocycles. The van der Waals surface area contributed by atoms with Crippen LogP contribution in [0.5, 0.6) is 0 Å². The van der Waals surface area contributed by atoms with Crippen molar-refractivity contribution in [2.75, 3.05) is 6.54 Å². The van der Waals surface area contributed by atoms with Gasteiger partial charge in [-0.15, -0.1) is 0 Å². The van der Waals surface area contributed by atoms with Gasteiger partial charge in [0.2, 0.25) is 5.91 Å². The van der Waals surface area contributed by atoms with Crippen LogP contribution in [0.4, 0.5) is 0 Å². The Morgan fingerprint density at radius 2 is 2.00 bits per heavy atom. The molecule has 0 heterocycles. The van der Waals surface area contributed by atoms with Crippen molar-refractivity contribution < 1.29 is 4.79 Å². The Labute approximate surface area is 85.4 Å². The topological polar surface area (TPSA) is 81.1 Å². The first kappa shape index (κ1) is 11.5. The van der Waals surface area contributed by atoms with Crippen LogP contribution in [-0.4, -0.2) is 24.5 Å². The van der Waals surface area contributed by atoms with Crippen molar-refractivity contribution in [3.05, 3.63) is 0 Å². The average Bonchev–Trinajstić information content (AvgIpc) is 2.16. The largest absolute Gasteiger partial charge is 0.368 e. The van der Waals surface area contributed by atoms with E-state index in [4.69, 9.17) is 11.5 Å². The second-order valence-electron chi connectivity index (χ2n) is 4.37. The van der Waals surface area contributed by atoms with Crippen molar-refractivity contribution in [1.82, 2.24) is 5.32 Å². The number of primary amides is 1. The lowest BCUT2D eigenvalue weighted by Gasteiger charge is -2.27. The molecule has 1 atom stereocenters. The highest BCUT2D eigenvalue weighted by Crippen LogP contribution is 2.23. The van der Waals surface area contributed by atoms with Gasteiger partial charge in [0, 0.05) is 12.6 Å². The normalized spacial score (nSPS) is 29.9. The summed E-state index contributed by atoms with van der Waals surface area (Å²) < 4.78 is 0. The Bertz CT molecular complexity index is 188. The van der Waals surface area contributed by atoms with E-state index in [2.05, 4.69) is 12.2 Å². The summed E-state index contributed by atoms with van der Waals surface area (Å²) in [5, 5.41) is 3.30. The summed E-state index contributed by atoms with van der Waals surface area (Å²) in [4.78, 5) is 10.7. The highest BCUT2D eigenvalue weighted by atomic mass is 16.1. The average molecular weight is 199 g/mol. The molecule has 0 radical (unpaired) electrons. The quantitative estimate of drug-likeness (QED) is 0.594. The summed E-state index contributed by atoms with van der Waals surface area (Å²) in [6.45, 7) is 2.79. The molecule has 1 saturated carbocycles. The number of rotatable bonds is 4. The molecule has 0 saturated heterocycles. The van der Waals surface area contributed by atoms with Gasteiger partial charge >= 0.3 is 0 Å². The summed E-state index contributed by atoms with van der Waals surface area (Å²) in [7, 11) is 0. The van der Waals surface area contributed by atoms with Crippen molar-refractivity contribution >= 4 is 5.91 Å². The number of amides is 1. The van der Waals surface area contributed by atoms with Crippen molar-refractivity contribution in [2.24, 2.45) is 17.4 Å². The first-order valence-electron chi connectivity index (χ1n) is 5.38. The van der Waals surface area contributed by atoms with Crippen LogP contribution in [0.3, 0.4) is 0 Å². The maximum absolute atomic E-state index is 10.7. The van der Waals surface area contributed by atoms with Gasteiger partial charge in [-0.2, -0.15) is 0 Å². The molecule has 1 aliphatic rings. The number of nitrogens with two attached hydrogens (primary N) is 2. The zero-order chi connectivity index (χ0) is 10.6. The summed E-state index contributed by atoms with van der Waals surface area (Å²) in [6.07, 6.45) is 4.91. The molecule has 0 aromatic rings. The van der Waals surface area contributed by atoms with E-state index in [1.54, 1.807) is 0 Å². The molecule has 4 heteroatoms. The minimum atomic E-state index is -0.547. The van der Waals surface area contributed by atoms with Gasteiger partial charge in [-0.25, -0.2) is 0 Å². The zero-order valence-electron chi connectivity index (χ0n) is 8.83. The van der Waals surface area contributed by atoms with E-state index in [0.29, 0.717) is 12.6 Å². The van der Waals surface area contributed by atoms with Crippen LogP contribution in [0.1, 0.15) is 32.6 Å². The third-order valence-corrected chi connectivity index (χ3v) is 3.01. The predicted octanol–water partition coefficient (Wildman–Crippen LogP) is -0.0327. The zero-order valence-corrected chi connectivity index (χ0v) is 8.83. The van der Waals surface area contributed by atoms with Gasteiger partial charge in [0.05, 0.1) is 6.04 Å². The van der Waals surface area contributed by atoms with Crippen LogP contribution in [0.25, 0.3) is 0 Å². The standard InChI is InChI=1S/C10H21N3O/c1-7-2-4-8(5-3-7)13-6-9(11)10(12)14/h7-9,13H,2-6,11H2,1H3,(H2,12,14). The second kappa shape index (κ2) is 5.32. The molecule has 0 spiro atoms. The van der Waals surface area contributed by atoms with Crippen LogP contribution in [0.2, 0.25) is 0 Å². The van der Waals surface area contributed by atoms with E-state index in [1.807, 2.05) is 0 Å². The van der Waals surface area contributed by atoms with Crippen LogP contribution in [0, 0.1) is 5.92 Å². The fraction of sp³-hybridized carbons (Fsp3) is 0.900. The second-order valence-corrected chi connectivity index (χ2v) is 4.37. The molecule has 0 aromatic carbocycles. The molecule has 5 N–H and O–H groups in total. The highest BCUT2D eigenvalue weighted by Gasteiger charge is 2.19. The fourth-order valence-corrected chi connectivity index (χ4v) is 1.86. The summed E-state index contributed by atoms with van der Waals surface area (Å²) in [5.74, 6) is 0.416. The van der Waals surface area contributed by atoms with E-state index < -0.39 is 11.9 Å². The molecule has 1 fully saturated rings. The Morgan fingerprint density at radius 3 is 2.50 bits per heavy atom. The Kier molecular flexibility index (Phi) is 4.35. The number of hydrogen-bond acceptors (Lipinski definition) is 3. The maximum Gasteiger partial charge on any atom is 0.235 e. The van der Waals surface area contributed by atoms with E-state index in [9.17, 15) is 4.79 Å². The predicted molar refractivity (Wildman–Crippen MR) is 56.6 cm³/mol. The van der Waals surface area contributed by atoms with Crippen LogP contribution in [0.15, 0.2) is 0 Å². The summed E-state index contributed by atoms with van der Waals surface area (Å²) >= 11 is 0. The maximum atomic E-state index is 10.7. The first-order chi connectivity index (χ1) is 6.59. The van der Waals surface area contributed by atoms with Gasteiger partial charge < -0.3 is 16.8 Å². The lowest BCUT2D eigenvalue weighted by Crippen LogP contribution is -2.47. The molecule has 0 aromatic heterocycles. The monoisotopic (exact) mass is 199 g/mol. The third kappa shape index (κ3) is 3.64. The minimum absolute atomic E-state index is 0.429. The molecule has 82 valence electrons. The number of carbonyl (C=O) groups is 1. The fourth-order valence-electron chi connectivity index (χ4n) is 1.86. The molecular weight excluding hydrogens is 178 g/mol. The van der Waals surface area contributed by atoms with E-state index >= 15 is 0 Å². The van der Waals surface area contributed by atoms with Gasteiger partial charge in [0.15, 0.2) is 0 Å². The van der Waals surface area contributed by atoms with Crippen molar-refractivity contribution in [2.45, 2.75) is 44.7 Å². The van der Waals surface area contributed by atoms with Gasteiger partial charge in [0.25, 0.3) is 0 Å². The minimum Gasteiger partial charge on any atom is -0.368 e. The molecule has 1 rings (SSSR count). The van der Waals surface area contributed by atoms with Crippen LogP contribution >= 0.6 is 0 Å². The smallest absolute Gasteiger partial charge is 0.235 e. The van der Waals surface area contributed by atoms with Crippen LogP contribution < -0.4 is 16.8 Å². The van der Waals surface area contributed by atoms with E-state index in [-0.39, 0.29) is 0 Å². The van der Waals surface area contributed by atoms with Gasteiger partial charge in [0.1, 0.15) is 0 Å². The summed E-state index contributed by atoms with van der Waals surface area (Å²) in [6, 6.07) is -0.0223.